The summed E-state index contributed by atoms with van der Waals surface area (Å²) >= 11 is 7.07. The van der Waals surface area contributed by atoms with Crippen molar-refractivity contribution < 1.29 is 18.8 Å². The molecule has 0 atom stereocenters. The van der Waals surface area contributed by atoms with Crippen LogP contribution in [0.15, 0.2) is 39.8 Å². The third kappa shape index (κ3) is 5.42. The Morgan fingerprint density at radius 1 is 1.36 bits per heavy atom. The Balaban J connectivity index is 1.68. The average molecular weight is 341 g/mol. The fraction of sp³-hybridized carbons (Fsp3) is 0.214. The van der Waals surface area contributed by atoms with Crippen molar-refractivity contribution in [2.75, 3.05) is 17.7 Å². The van der Waals surface area contributed by atoms with Gasteiger partial charge in [0, 0.05) is 16.0 Å². The Kier molecular flexibility index (Phi) is 5.85. The fourth-order valence-corrected chi connectivity index (χ4v) is 2.29. The molecule has 1 aromatic carbocycles. The van der Waals surface area contributed by atoms with E-state index in [-0.39, 0.29) is 18.2 Å². The van der Waals surface area contributed by atoms with Gasteiger partial charge in [0.2, 0.25) is 0 Å². The molecule has 0 aliphatic carbocycles. The molecule has 0 saturated heterocycles. The lowest BCUT2D eigenvalue weighted by Gasteiger charge is -2.04. The van der Waals surface area contributed by atoms with E-state index in [1.165, 1.54) is 11.8 Å². The number of amides is 1. The molecule has 1 amide bonds. The van der Waals surface area contributed by atoms with Crippen molar-refractivity contribution in [2.24, 2.45) is 0 Å². The largest absolute Gasteiger partial charge is 0.455 e. The Bertz CT molecular complexity index is 657. The highest BCUT2D eigenvalue weighted by Crippen LogP contribution is 2.20. The van der Waals surface area contributed by atoms with Crippen molar-refractivity contribution in [3.63, 3.8) is 0 Å². The molecule has 116 valence electrons. The molecule has 0 saturated carbocycles. The van der Waals surface area contributed by atoms with Crippen LogP contribution in [0.4, 0.5) is 5.82 Å². The maximum Gasteiger partial charge on any atom is 0.316 e. The Hall–Kier alpha value is -1.99. The number of anilines is 1. The number of carbonyl (C=O) groups is 2. The standard InChI is InChI=1S/C14H13ClN2O4S/c1-9-6-12(17-21-9)16-13(18)7-20-14(19)8-22-11-4-2-10(15)3-5-11/h2-6H,7-8H2,1H3,(H,16,17,18). The van der Waals surface area contributed by atoms with E-state index < -0.39 is 11.9 Å². The van der Waals surface area contributed by atoms with E-state index in [0.29, 0.717) is 10.8 Å². The molecule has 2 rings (SSSR count). The fourth-order valence-electron chi connectivity index (χ4n) is 1.47. The lowest BCUT2D eigenvalue weighted by atomic mass is 10.4. The zero-order valence-electron chi connectivity index (χ0n) is 11.7. The summed E-state index contributed by atoms with van der Waals surface area (Å²) in [5.41, 5.74) is 0. The quantitative estimate of drug-likeness (QED) is 0.643. The predicted octanol–water partition coefficient (Wildman–Crippen LogP) is 2.91. The van der Waals surface area contributed by atoms with Crippen LogP contribution in [0.1, 0.15) is 5.76 Å². The zero-order chi connectivity index (χ0) is 15.9. The third-order valence-corrected chi connectivity index (χ3v) is 3.67. The molecule has 0 aliphatic rings. The first-order valence-electron chi connectivity index (χ1n) is 6.30. The zero-order valence-corrected chi connectivity index (χ0v) is 13.2. The maximum atomic E-state index is 11.6. The van der Waals surface area contributed by atoms with Gasteiger partial charge in [0.15, 0.2) is 12.4 Å². The van der Waals surface area contributed by atoms with E-state index >= 15 is 0 Å². The van der Waals surface area contributed by atoms with Crippen molar-refractivity contribution >= 4 is 41.1 Å². The molecule has 1 aromatic heterocycles. The lowest BCUT2D eigenvalue weighted by molar-refractivity contribution is -0.144. The summed E-state index contributed by atoms with van der Waals surface area (Å²) in [5.74, 6) is 0.0168. The summed E-state index contributed by atoms with van der Waals surface area (Å²) in [7, 11) is 0. The third-order valence-electron chi connectivity index (χ3n) is 2.43. The van der Waals surface area contributed by atoms with Crippen LogP contribution in [0.3, 0.4) is 0 Å². The summed E-state index contributed by atoms with van der Waals surface area (Å²) in [6.45, 7) is 1.34. The summed E-state index contributed by atoms with van der Waals surface area (Å²) < 4.78 is 9.67. The Morgan fingerprint density at radius 2 is 2.09 bits per heavy atom. The van der Waals surface area contributed by atoms with Crippen molar-refractivity contribution in [2.45, 2.75) is 11.8 Å². The van der Waals surface area contributed by atoms with Crippen molar-refractivity contribution in [3.05, 3.63) is 41.1 Å². The maximum absolute atomic E-state index is 11.6. The minimum atomic E-state index is -0.480. The summed E-state index contributed by atoms with van der Waals surface area (Å²) in [6.07, 6.45) is 0. The molecule has 1 N–H and O–H groups in total. The van der Waals surface area contributed by atoms with Crippen molar-refractivity contribution in [1.29, 1.82) is 0 Å². The molecular formula is C14H13ClN2O4S. The van der Waals surface area contributed by atoms with Crippen LogP contribution in [-0.2, 0) is 14.3 Å². The first-order valence-corrected chi connectivity index (χ1v) is 7.66. The second-order valence-electron chi connectivity index (χ2n) is 4.27. The summed E-state index contributed by atoms with van der Waals surface area (Å²) in [4.78, 5) is 24.0. The number of carbonyl (C=O) groups excluding carboxylic acids is 2. The highest BCUT2D eigenvalue weighted by Gasteiger charge is 2.10. The lowest BCUT2D eigenvalue weighted by Crippen LogP contribution is -2.21. The number of hydrogen-bond acceptors (Lipinski definition) is 6. The average Bonchev–Trinajstić information content (AvgIpc) is 2.89. The molecule has 22 heavy (non-hydrogen) atoms. The van der Waals surface area contributed by atoms with Gasteiger partial charge in [-0.1, -0.05) is 16.8 Å². The molecule has 0 unspecified atom stereocenters. The van der Waals surface area contributed by atoms with Gasteiger partial charge >= 0.3 is 5.97 Å². The summed E-state index contributed by atoms with van der Waals surface area (Å²) in [6, 6.07) is 8.65. The normalized spacial score (nSPS) is 10.3. The van der Waals surface area contributed by atoms with Gasteiger partial charge in [0.25, 0.3) is 5.91 Å². The highest BCUT2D eigenvalue weighted by atomic mass is 35.5. The van der Waals surface area contributed by atoms with Crippen LogP contribution in [0.5, 0.6) is 0 Å². The Labute approximate surface area is 136 Å². The van der Waals surface area contributed by atoms with Gasteiger partial charge in [-0.05, 0) is 31.2 Å². The monoisotopic (exact) mass is 340 g/mol. The molecule has 0 fully saturated rings. The van der Waals surface area contributed by atoms with Gasteiger partial charge in [-0.3, -0.25) is 9.59 Å². The number of thioether (sulfide) groups is 1. The molecule has 0 radical (unpaired) electrons. The molecule has 0 bridgehead atoms. The number of ether oxygens (including phenoxy) is 1. The van der Waals surface area contributed by atoms with Gasteiger partial charge in [0.05, 0.1) is 5.75 Å². The molecule has 2 aromatic rings. The van der Waals surface area contributed by atoms with Crippen LogP contribution in [0.2, 0.25) is 5.02 Å². The number of nitrogens with zero attached hydrogens (tertiary/aromatic N) is 1. The number of aryl methyl sites for hydroxylation is 1. The molecule has 0 spiro atoms. The second-order valence-corrected chi connectivity index (χ2v) is 5.76. The first-order chi connectivity index (χ1) is 10.5. The van der Waals surface area contributed by atoms with E-state index in [2.05, 4.69) is 10.5 Å². The van der Waals surface area contributed by atoms with Crippen LogP contribution in [-0.4, -0.2) is 29.4 Å². The van der Waals surface area contributed by atoms with Crippen LogP contribution in [0, 0.1) is 6.92 Å². The number of halogens is 1. The van der Waals surface area contributed by atoms with E-state index in [4.69, 9.17) is 20.9 Å². The number of aromatic nitrogens is 1. The number of rotatable bonds is 6. The van der Waals surface area contributed by atoms with Crippen molar-refractivity contribution in [1.82, 2.24) is 5.16 Å². The number of nitrogens with one attached hydrogen (secondary N) is 1. The smallest absolute Gasteiger partial charge is 0.316 e. The minimum Gasteiger partial charge on any atom is -0.455 e. The van der Waals surface area contributed by atoms with Gasteiger partial charge < -0.3 is 14.6 Å². The van der Waals surface area contributed by atoms with Gasteiger partial charge in [-0.15, -0.1) is 11.8 Å². The number of benzene rings is 1. The van der Waals surface area contributed by atoms with Crippen LogP contribution >= 0.6 is 23.4 Å². The predicted molar refractivity (Wildman–Crippen MR) is 83.0 cm³/mol. The van der Waals surface area contributed by atoms with Crippen molar-refractivity contribution in [3.8, 4) is 0 Å². The van der Waals surface area contributed by atoms with Gasteiger partial charge in [-0.2, -0.15) is 0 Å². The topological polar surface area (TPSA) is 81.4 Å². The van der Waals surface area contributed by atoms with Crippen LogP contribution in [0.25, 0.3) is 0 Å². The van der Waals surface area contributed by atoms with Gasteiger partial charge in [0.1, 0.15) is 5.76 Å². The first kappa shape index (κ1) is 16.4. The molecule has 8 heteroatoms. The van der Waals surface area contributed by atoms with E-state index in [1.54, 1.807) is 37.3 Å². The molecule has 1 heterocycles. The number of esters is 1. The van der Waals surface area contributed by atoms with Crippen LogP contribution < -0.4 is 5.32 Å². The van der Waals surface area contributed by atoms with Gasteiger partial charge in [-0.25, -0.2) is 0 Å². The Morgan fingerprint density at radius 3 is 2.73 bits per heavy atom. The molecule has 6 nitrogen and oxygen atoms in total. The summed E-state index contributed by atoms with van der Waals surface area (Å²) in [5, 5.41) is 6.69. The highest BCUT2D eigenvalue weighted by molar-refractivity contribution is 8.00. The SMILES string of the molecule is Cc1cc(NC(=O)COC(=O)CSc2ccc(Cl)cc2)no1. The molecular weight excluding hydrogens is 328 g/mol. The number of hydrogen-bond donors (Lipinski definition) is 1. The van der Waals surface area contributed by atoms with E-state index in [9.17, 15) is 9.59 Å². The minimum absolute atomic E-state index is 0.109. The van der Waals surface area contributed by atoms with E-state index in [0.717, 1.165) is 4.90 Å². The van der Waals surface area contributed by atoms with E-state index in [1.807, 2.05) is 0 Å². The second kappa shape index (κ2) is 7.86. The molecule has 0 aliphatic heterocycles.